The highest BCUT2D eigenvalue weighted by molar-refractivity contribution is 6.79. The first-order valence-electron chi connectivity index (χ1n) is 22.5. The quantitative estimate of drug-likeness (QED) is 0.120. The van der Waals surface area contributed by atoms with Crippen LogP contribution in [0.5, 0.6) is 11.5 Å². The van der Waals surface area contributed by atoms with Crippen molar-refractivity contribution in [3.63, 3.8) is 0 Å². The van der Waals surface area contributed by atoms with Gasteiger partial charge in [-0.15, -0.1) is 0 Å². The fourth-order valence-corrected chi connectivity index (χ4v) is 27.0. The van der Waals surface area contributed by atoms with Gasteiger partial charge in [0, 0.05) is 22.2 Å². The van der Waals surface area contributed by atoms with E-state index in [0.717, 1.165) is 16.9 Å². The minimum Gasteiger partial charge on any atom is -0.543 e. The number of benzene rings is 2. The van der Waals surface area contributed by atoms with E-state index in [1.54, 1.807) is 6.08 Å². The minimum atomic E-state index is -3.12. The predicted molar refractivity (Wildman–Crippen MR) is 249 cm³/mol. The first-order chi connectivity index (χ1) is 27.7. The molecule has 0 saturated carbocycles. The maximum Gasteiger partial charge on any atom is 0.349 e. The van der Waals surface area contributed by atoms with Gasteiger partial charge in [0.1, 0.15) is 23.7 Å². The van der Waals surface area contributed by atoms with Crippen molar-refractivity contribution in [1.82, 2.24) is 0 Å². The van der Waals surface area contributed by atoms with Gasteiger partial charge in [0.05, 0.1) is 18.8 Å². The average Bonchev–Trinajstić information content (AvgIpc) is 3.50. The van der Waals surface area contributed by atoms with Gasteiger partial charge in [0.25, 0.3) is 16.6 Å². The van der Waals surface area contributed by atoms with Crippen LogP contribution in [0.2, 0.25) is 43.3 Å². The monoisotopic (exact) mass is 882 g/mol. The van der Waals surface area contributed by atoms with Gasteiger partial charge in [-0.1, -0.05) is 155 Å². The highest BCUT2D eigenvalue weighted by Crippen LogP contribution is 2.59. The van der Waals surface area contributed by atoms with E-state index >= 15 is 0 Å². The van der Waals surface area contributed by atoms with Gasteiger partial charge >= 0.3 is 14.5 Å². The molecule has 3 aliphatic rings. The fraction of sp³-hybridized carbons (Fsp3) is 0.688. The van der Waals surface area contributed by atoms with Gasteiger partial charge in [-0.05, 0) is 56.5 Å². The van der Waals surface area contributed by atoms with E-state index < -0.39 is 61.4 Å². The van der Waals surface area contributed by atoms with E-state index in [-0.39, 0.29) is 39.9 Å². The smallest absolute Gasteiger partial charge is 0.349 e. The van der Waals surface area contributed by atoms with Crippen LogP contribution in [-0.4, -0.2) is 67.3 Å². The van der Waals surface area contributed by atoms with E-state index in [1.807, 2.05) is 36.4 Å². The molecule has 0 radical (unpaired) electrons. The summed E-state index contributed by atoms with van der Waals surface area (Å²) in [6.07, 6.45) is -1.11. The van der Waals surface area contributed by atoms with E-state index in [4.69, 9.17) is 31.9 Å². The Bertz CT molecular complexity index is 1770. The molecule has 0 aliphatic carbocycles. The Morgan fingerprint density at radius 2 is 1.32 bits per heavy atom. The number of esters is 1. The van der Waals surface area contributed by atoms with Crippen LogP contribution in [0.15, 0.2) is 48.5 Å². The van der Waals surface area contributed by atoms with Crippen molar-refractivity contribution in [2.24, 2.45) is 0 Å². The summed E-state index contributed by atoms with van der Waals surface area (Å²) in [5, 5.41) is 12.3. The molecule has 1 spiro atoms. The second-order valence-electron chi connectivity index (χ2n) is 21.5. The van der Waals surface area contributed by atoms with Crippen molar-refractivity contribution in [3.05, 3.63) is 65.2 Å². The van der Waals surface area contributed by atoms with Crippen LogP contribution < -0.4 is 8.85 Å². The van der Waals surface area contributed by atoms with Gasteiger partial charge in [-0.2, -0.15) is 0 Å². The Hall–Kier alpha value is -2.30. The molecule has 0 bridgehead atoms. The zero-order chi connectivity index (χ0) is 45.0. The molecule has 2 aromatic carbocycles. The summed E-state index contributed by atoms with van der Waals surface area (Å²) in [5.41, 5.74) is 4.11. The van der Waals surface area contributed by atoms with Crippen LogP contribution in [0.1, 0.15) is 141 Å². The molecule has 2 aromatic rings. The molecule has 5 atom stereocenters. The van der Waals surface area contributed by atoms with Crippen LogP contribution in [0.25, 0.3) is 6.08 Å². The Labute approximate surface area is 365 Å². The number of hydrogen-bond donors (Lipinski definition) is 1. The van der Waals surface area contributed by atoms with Crippen molar-refractivity contribution < 1.29 is 41.8 Å². The summed E-state index contributed by atoms with van der Waals surface area (Å²) in [7, 11) is -8.14. The molecule has 3 heterocycles. The lowest BCUT2D eigenvalue weighted by Crippen LogP contribution is -2.73. The predicted octanol–water partition coefficient (Wildman–Crippen LogP) is 12.3. The zero-order valence-electron chi connectivity index (χ0n) is 40.1. The number of aliphatic hydroxyl groups excluding tert-OH is 1. The molecule has 12 heteroatoms. The summed E-state index contributed by atoms with van der Waals surface area (Å²) in [6, 6.07) is 13.7. The first kappa shape index (κ1) is 48.7. The van der Waals surface area contributed by atoms with Gasteiger partial charge in [0.15, 0.2) is 12.2 Å². The average molecular weight is 883 g/mol. The Kier molecular flexibility index (Phi) is 14.4. The van der Waals surface area contributed by atoms with E-state index in [0.29, 0.717) is 27.9 Å². The molecule has 9 nitrogen and oxygen atoms in total. The number of rotatable bonds is 13. The molecule has 2 fully saturated rings. The second kappa shape index (κ2) is 17.7. The second-order valence-corrected chi connectivity index (χ2v) is 37.0. The number of carbonyl (C=O) groups is 1. The maximum atomic E-state index is 13.9. The summed E-state index contributed by atoms with van der Waals surface area (Å²) in [6.45, 7) is 40.4. The summed E-state index contributed by atoms with van der Waals surface area (Å²) in [5.74, 6) is -1.02. The standard InChI is InChI=1S/C48H78O9Si3/c1-30(2)58(31(3)4,32(5)6)55-38-26-37-28-51-48(42(37)39(27-38)56-59(33(7)8,34(9)10)35(11)12)45(50)44(53-41(49)25-24-36-22-20-19-21-23-36)43-40(54-48)29-52-60(57-43,46(13,14)15)47(16,17)18/h19-27,30-35,40,43-45,50H,28-29H2,1-18H3/b25-24+/t40-,43-,44+,45-,48+/m1/s1. The third-order valence-corrected chi connectivity index (χ3v) is 31.0. The zero-order valence-corrected chi connectivity index (χ0v) is 43.1. The SMILES string of the molecule is CC(C)[Si](Oc1cc2c(c(O[Si](C(C)C)(C(C)C)C(C)C)c1)[C@]1(OC2)O[C@@H]2CO[Si](C(C)(C)C)(C(C)(C)C)O[C@H]2[C@H](OC(=O)/C=C/c2ccccc2)[C@H]1O)(C(C)C)C(C)C. The van der Waals surface area contributed by atoms with Crippen LogP contribution in [0.3, 0.4) is 0 Å². The Morgan fingerprint density at radius 1 is 0.800 bits per heavy atom. The van der Waals surface area contributed by atoms with Gasteiger partial charge in [0.2, 0.25) is 5.79 Å². The third kappa shape index (κ3) is 8.42. The molecule has 2 saturated heterocycles. The van der Waals surface area contributed by atoms with Gasteiger partial charge in [-0.25, -0.2) is 4.79 Å². The van der Waals surface area contributed by atoms with Gasteiger partial charge < -0.3 is 37.0 Å². The molecule has 3 aliphatic heterocycles. The molecule has 1 N–H and O–H groups in total. The van der Waals surface area contributed by atoms with E-state index in [2.05, 4.69) is 131 Å². The molecule has 336 valence electrons. The summed E-state index contributed by atoms with van der Waals surface area (Å²) < 4.78 is 49.5. The summed E-state index contributed by atoms with van der Waals surface area (Å²) >= 11 is 0. The minimum absolute atomic E-state index is 0.134. The molecule has 0 aromatic heterocycles. The molecule has 0 unspecified atom stereocenters. The van der Waals surface area contributed by atoms with Gasteiger partial charge in [-0.3, -0.25) is 0 Å². The van der Waals surface area contributed by atoms with E-state index in [9.17, 15) is 9.90 Å². The number of ether oxygens (including phenoxy) is 3. The van der Waals surface area contributed by atoms with Crippen molar-refractivity contribution in [3.8, 4) is 11.5 Å². The molecule has 60 heavy (non-hydrogen) atoms. The maximum absolute atomic E-state index is 13.9. The lowest BCUT2D eigenvalue weighted by Gasteiger charge is -2.59. The lowest BCUT2D eigenvalue weighted by atomic mass is 9.87. The Morgan fingerprint density at radius 3 is 1.82 bits per heavy atom. The van der Waals surface area contributed by atoms with Crippen molar-refractivity contribution in [2.45, 2.75) is 205 Å². The highest BCUT2D eigenvalue weighted by Gasteiger charge is 2.69. The molecule has 0 amide bonds. The number of hydrogen-bond acceptors (Lipinski definition) is 9. The van der Waals surface area contributed by atoms with Crippen LogP contribution in [0, 0.1) is 0 Å². The summed E-state index contributed by atoms with van der Waals surface area (Å²) in [4.78, 5) is 13.9. The normalized spacial score (nSPS) is 24.9. The van der Waals surface area contributed by atoms with Crippen LogP contribution >= 0.6 is 0 Å². The molecule has 5 rings (SSSR count). The van der Waals surface area contributed by atoms with Crippen molar-refractivity contribution in [2.75, 3.05) is 6.61 Å². The number of fused-ring (bicyclic) bond motifs is 3. The number of carbonyl (C=O) groups excluding carboxylic acids is 1. The van der Waals surface area contributed by atoms with Crippen LogP contribution in [0.4, 0.5) is 0 Å². The van der Waals surface area contributed by atoms with Crippen molar-refractivity contribution in [1.29, 1.82) is 0 Å². The largest absolute Gasteiger partial charge is 0.543 e. The first-order valence-corrected chi connectivity index (χ1v) is 28.6. The highest BCUT2D eigenvalue weighted by atomic mass is 28.4. The Balaban J connectivity index is 1.73. The molecular weight excluding hydrogens is 805 g/mol. The van der Waals surface area contributed by atoms with Crippen molar-refractivity contribution >= 4 is 37.2 Å². The topological polar surface area (TPSA) is 102 Å². The third-order valence-electron chi connectivity index (χ3n) is 13.9. The van der Waals surface area contributed by atoms with Crippen LogP contribution in [-0.2, 0) is 40.3 Å². The molecular formula is C48H78O9Si3. The number of aliphatic hydroxyl groups is 1. The lowest BCUT2D eigenvalue weighted by molar-refractivity contribution is -0.373. The van der Waals surface area contributed by atoms with E-state index in [1.165, 1.54) is 6.08 Å². The fourth-order valence-electron chi connectivity index (χ4n) is 11.6.